The topological polar surface area (TPSA) is 78.9 Å². The van der Waals surface area contributed by atoms with Crippen LogP contribution in [0.5, 0.6) is 0 Å². The van der Waals surface area contributed by atoms with Gasteiger partial charge >= 0.3 is 166 Å². The first kappa shape index (κ1) is 21.9. The Hall–Kier alpha value is -1.40. The molecule has 2 rings (SSSR count). The van der Waals surface area contributed by atoms with E-state index >= 15 is 0 Å². The minimum atomic E-state index is -4.73. The molecule has 0 amide bonds. The van der Waals surface area contributed by atoms with Crippen LogP contribution in [-0.4, -0.2) is 17.9 Å². The maximum absolute atomic E-state index is 12.3. The SMILES string of the molecule is CCC(=O)[O][Ti]([O]C(=O)CC)([O]C(=O)CC)[C]1=C(C)C(C)C2=C1CCCC2. The van der Waals surface area contributed by atoms with E-state index in [4.69, 9.17) is 9.96 Å². The number of carbonyl (C=O) groups is 3. The molecule has 2 aliphatic carbocycles. The van der Waals surface area contributed by atoms with Gasteiger partial charge in [-0.1, -0.05) is 0 Å². The monoisotopic (exact) mass is 414 g/mol. The van der Waals surface area contributed by atoms with E-state index in [9.17, 15) is 14.4 Å². The van der Waals surface area contributed by atoms with Crippen molar-refractivity contribution in [1.82, 2.24) is 0 Å². The van der Waals surface area contributed by atoms with Crippen molar-refractivity contribution in [2.24, 2.45) is 5.92 Å². The van der Waals surface area contributed by atoms with E-state index in [-0.39, 0.29) is 25.2 Å². The Morgan fingerprint density at radius 2 is 1.33 bits per heavy atom. The molecule has 0 spiro atoms. The molecular weight excluding hydrogens is 384 g/mol. The van der Waals surface area contributed by atoms with Crippen LogP contribution in [0.1, 0.15) is 79.6 Å². The molecule has 2 aliphatic rings. The van der Waals surface area contributed by atoms with Crippen LogP contribution in [0.15, 0.2) is 20.6 Å². The van der Waals surface area contributed by atoms with E-state index in [1.54, 1.807) is 20.8 Å². The van der Waals surface area contributed by atoms with Crippen molar-refractivity contribution in [2.45, 2.75) is 79.6 Å². The van der Waals surface area contributed by atoms with Crippen LogP contribution < -0.4 is 0 Å². The van der Waals surface area contributed by atoms with Gasteiger partial charge < -0.3 is 0 Å². The first-order chi connectivity index (χ1) is 12.8. The molecule has 150 valence electrons. The summed E-state index contributed by atoms with van der Waals surface area (Å²) in [5, 5.41) is 0. The molecule has 0 bridgehead atoms. The normalized spacial score (nSPS) is 19.7. The van der Waals surface area contributed by atoms with Crippen LogP contribution in [-0.2, 0) is 42.1 Å². The van der Waals surface area contributed by atoms with Crippen LogP contribution in [0.2, 0.25) is 0 Å². The molecule has 0 aliphatic heterocycles. The summed E-state index contributed by atoms with van der Waals surface area (Å²) in [5.74, 6) is -1.36. The van der Waals surface area contributed by atoms with Crippen molar-refractivity contribution in [3.8, 4) is 0 Å². The molecule has 27 heavy (non-hydrogen) atoms. The molecule has 0 heterocycles. The van der Waals surface area contributed by atoms with Gasteiger partial charge in [0, 0.05) is 0 Å². The zero-order valence-electron chi connectivity index (χ0n) is 17.0. The summed E-state index contributed by atoms with van der Waals surface area (Å²) in [4.78, 5) is 36.8. The van der Waals surface area contributed by atoms with Gasteiger partial charge in [-0.2, -0.15) is 0 Å². The predicted molar refractivity (Wildman–Crippen MR) is 96.5 cm³/mol. The van der Waals surface area contributed by atoms with Gasteiger partial charge in [-0.15, -0.1) is 0 Å². The minimum absolute atomic E-state index is 0.119. The molecule has 1 atom stereocenters. The number of carbonyl (C=O) groups excluding carboxylic acids is 3. The molecule has 0 saturated carbocycles. The van der Waals surface area contributed by atoms with Gasteiger partial charge in [0.1, 0.15) is 0 Å². The summed E-state index contributed by atoms with van der Waals surface area (Å²) >= 11 is -4.73. The molecular formula is C20H30O6Ti. The number of hydrogen-bond acceptors (Lipinski definition) is 6. The fourth-order valence-electron chi connectivity index (χ4n) is 3.72. The number of allylic oxidation sites excluding steroid dienone is 4. The summed E-state index contributed by atoms with van der Waals surface area (Å²) in [7, 11) is 0. The second-order valence-electron chi connectivity index (χ2n) is 7.03. The molecule has 1 unspecified atom stereocenters. The molecule has 0 fully saturated rings. The van der Waals surface area contributed by atoms with Crippen molar-refractivity contribution in [1.29, 1.82) is 0 Å². The zero-order chi connectivity index (χ0) is 20.2. The second-order valence-corrected chi connectivity index (χ2v) is 10.5. The van der Waals surface area contributed by atoms with Crippen molar-refractivity contribution < 1.29 is 42.1 Å². The summed E-state index contributed by atoms with van der Waals surface area (Å²) in [6, 6.07) is 0. The Morgan fingerprint density at radius 1 is 0.889 bits per heavy atom. The second kappa shape index (κ2) is 9.20. The summed E-state index contributed by atoms with van der Waals surface area (Å²) in [6.07, 6.45) is 4.29. The standard InChI is InChI=1S/C11H15.3C3H6O2.Ti/c1-8-7-10-5-3-4-6-11(10)9(8)2;3*1-2-3(4)5;/h9H,3-6H2,1-2H3;3*2H2,1H3,(H,4,5);/q;;;;+3/p-3. The molecule has 7 heteroatoms. The van der Waals surface area contributed by atoms with Crippen molar-refractivity contribution >= 4 is 17.9 Å². The van der Waals surface area contributed by atoms with Gasteiger partial charge in [0.25, 0.3) is 0 Å². The van der Waals surface area contributed by atoms with E-state index in [2.05, 4.69) is 6.92 Å². The quantitative estimate of drug-likeness (QED) is 0.569. The van der Waals surface area contributed by atoms with E-state index in [1.165, 1.54) is 5.57 Å². The molecule has 0 aromatic carbocycles. The number of hydrogen-bond donors (Lipinski definition) is 0. The first-order valence-corrected chi connectivity index (χ1v) is 12.6. The first-order valence-electron chi connectivity index (χ1n) is 9.88. The fraction of sp³-hybridized carbons (Fsp3) is 0.650. The van der Waals surface area contributed by atoms with Crippen molar-refractivity contribution in [3.05, 3.63) is 20.6 Å². The molecule has 0 radical (unpaired) electrons. The Balaban J connectivity index is 2.64. The Bertz CT molecular complexity index is 645. The third-order valence-corrected chi connectivity index (χ3v) is 9.66. The van der Waals surface area contributed by atoms with Crippen LogP contribution >= 0.6 is 0 Å². The predicted octanol–water partition coefficient (Wildman–Crippen LogP) is 4.54. The van der Waals surface area contributed by atoms with Gasteiger partial charge in [-0.25, -0.2) is 0 Å². The van der Waals surface area contributed by atoms with Gasteiger partial charge in [0.05, 0.1) is 0 Å². The molecule has 0 aromatic rings. The molecule has 0 aromatic heterocycles. The van der Waals surface area contributed by atoms with E-state index in [0.29, 0.717) is 0 Å². The van der Waals surface area contributed by atoms with E-state index in [0.717, 1.165) is 40.7 Å². The van der Waals surface area contributed by atoms with Crippen molar-refractivity contribution in [3.63, 3.8) is 0 Å². The van der Waals surface area contributed by atoms with Gasteiger partial charge in [-0.3, -0.25) is 0 Å². The van der Waals surface area contributed by atoms with Crippen LogP contribution in [0.4, 0.5) is 0 Å². The molecule has 0 N–H and O–H groups in total. The number of rotatable bonds is 7. The molecule has 0 saturated heterocycles. The van der Waals surface area contributed by atoms with Crippen LogP contribution in [0.25, 0.3) is 0 Å². The Labute approximate surface area is 166 Å². The maximum atomic E-state index is 12.3. The fourth-order valence-corrected chi connectivity index (χ4v) is 8.58. The van der Waals surface area contributed by atoms with E-state index in [1.807, 2.05) is 6.92 Å². The summed E-state index contributed by atoms with van der Waals surface area (Å²) in [5.41, 5.74) is 3.39. The van der Waals surface area contributed by atoms with Crippen molar-refractivity contribution in [2.75, 3.05) is 0 Å². The average molecular weight is 414 g/mol. The van der Waals surface area contributed by atoms with Crippen LogP contribution in [0.3, 0.4) is 0 Å². The third kappa shape index (κ3) is 4.54. The molecule has 6 nitrogen and oxygen atoms in total. The summed E-state index contributed by atoms with van der Waals surface area (Å²) in [6.45, 7) is 9.09. The Kier molecular flexibility index (Phi) is 7.46. The van der Waals surface area contributed by atoms with Crippen LogP contribution in [0, 0.1) is 5.92 Å². The van der Waals surface area contributed by atoms with E-state index < -0.39 is 35.7 Å². The summed E-state index contributed by atoms with van der Waals surface area (Å²) < 4.78 is 18.0. The zero-order valence-corrected chi connectivity index (χ0v) is 18.5. The Morgan fingerprint density at radius 3 is 1.78 bits per heavy atom. The van der Waals surface area contributed by atoms with Gasteiger partial charge in [-0.05, 0) is 0 Å². The van der Waals surface area contributed by atoms with Gasteiger partial charge in [0.2, 0.25) is 0 Å². The average Bonchev–Trinajstić information content (AvgIpc) is 2.92. The van der Waals surface area contributed by atoms with Gasteiger partial charge in [0.15, 0.2) is 0 Å². The third-order valence-electron chi connectivity index (χ3n) is 5.30.